The second-order valence-electron chi connectivity index (χ2n) is 6.67. The molecule has 2 aromatic heterocycles. The molecule has 2 aromatic rings. The Morgan fingerprint density at radius 2 is 2.19 bits per heavy atom. The molecule has 9 nitrogen and oxygen atoms in total. The van der Waals surface area contributed by atoms with Crippen LogP contribution < -0.4 is 5.32 Å². The van der Waals surface area contributed by atoms with E-state index >= 15 is 0 Å². The van der Waals surface area contributed by atoms with Crippen LogP contribution in [0, 0.1) is 0 Å². The SMILES string of the molecule is COCCn1cnnc1CN(C)C(=O)Nc1ccnn1C1CCCCC1. The number of amides is 2. The van der Waals surface area contributed by atoms with Crippen LogP contribution in [0.1, 0.15) is 44.0 Å². The lowest BCUT2D eigenvalue weighted by molar-refractivity contribution is 0.184. The number of hydrogen-bond donors (Lipinski definition) is 1. The van der Waals surface area contributed by atoms with Gasteiger partial charge in [0.15, 0.2) is 5.82 Å². The first-order chi connectivity index (χ1) is 12.7. The van der Waals surface area contributed by atoms with Crippen LogP contribution in [-0.4, -0.2) is 56.2 Å². The molecule has 2 amide bonds. The van der Waals surface area contributed by atoms with Crippen molar-refractivity contribution >= 4 is 11.8 Å². The summed E-state index contributed by atoms with van der Waals surface area (Å²) in [5, 5.41) is 15.4. The number of aromatic nitrogens is 5. The number of ether oxygens (including phenoxy) is 1. The van der Waals surface area contributed by atoms with Crippen LogP contribution in [0.3, 0.4) is 0 Å². The summed E-state index contributed by atoms with van der Waals surface area (Å²) >= 11 is 0. The summed E-state index contributed by atoms with van der Waals surface area (Å²) < 4.78 is 8.92. The van der Waals surface area contributed by atoms with Gasteiger partial charge < -0.3 is 14.2 Å². The highest BCUT2D eigenvalue weighted by Gasteiger charge is 2.20. The smallest absolute Gasteiger partial charge is 0.323 e. The van der Waals surface area contributed by atoms with Crippen LogP contribution in [0.25, 0.3) is 0 Å². The zero-order valence-corrected chi connectivity index (χ0v) is 15.5. The predicted molar refractivity (Wildman–Crippen MR) is 96.7 cm³/mol. The van der Waals surface area contributed by atoms with Crippen molar-refractivity contribution in [2.45, 2.75) is 51.2 Å². The van der Waals surface area contributed by atoms with E-state index < -0.39 is 0 Å². The second kappa shape index (κ2) is 8.79. The Morgan fingerprint density at radius 3 is 2.96 bits per heavy atom. The molecule has 9 heteroatoms. The average Bonchev–Trinajstić information content (AvgIpc) is 3.30. The number of rotatable bonds is 7. The number of nitrogens with zero attached hydrogens (tertiary/aromatic N) is 6. The number of urea groups is 1. The van der Waals surface area contributed by atoms with Gasteiger partial charge in [-0.25, -0.2) is 9.48 Å². The molecule has 0 bridgehead atoms. The molecule has 1 saturated carbocycles. The maximum atomic E-state index is 12.6. The van der Waals surface area contributed by atoms with Crippen LogP contribution in [0.2, 0.25) is 0 Å². The van der Waals surface area contributed by atoms with E-state index in [2.05, 4.69) is 20.6 Å². The summed E-state index contributed by atoms with van der Waals surface area (Å²) in [5.41, 5.74) is 0. The van der Waals surface area contributed by atoms with Crippen molar-refractivity contribution in [3.8, 4) is 0 Å². The van der Waals surface area contributed by atoms with Gasteiger partial charge in [0.1, 0.15) is 12.1 Å². The Kier molecular flexibility index (Phi) is 6.21. The van der Waals surface area contributed by atoms with Crippen molar-refractivity contribution in [2.24, 2.45) is 0 Å². The third kappa shape index (κ3) is 4.40. The topological polar surface area (TPSA) is 90.1 Å². The fourth-order valence-corrected chi connectivity index (χ4v) is 3.30. The fourth-order valence-electron chi connectivity index (χ4n) is 3.30. The standard InChI is InChI=1S/C17H27N7O2/c1-22(12-16-21-18-13-23(16)10-11-26-2)17(25)20-15-8-9-19-24(15)14-6-4-3-5-7-14/h8-9,13-14H,3-7,10-12H2,1-2H3,(H,20,25). The van der Waals surface area contributed by atoms with Gasteiger partial charge in [0.25, 0.3) is 0 Å². The van der Waals surface area contributed by atoms with E-state index in [0.29, 0.717) is 25.7 Å². The normalized spacial score (nSPS) is 15.2. The Labute approximate surface area is 153 Å². The molecule has 0 atom stereocenters. The molecule has 0 radical (unpaired) electrons. The predicted octanol–water partition coefficient (Wildman–Crippen LogP) is 2.29. The minimum Gasteiger partial charge on any atom is -0.383 e. The monoisotopic (exact) mass is 361 g/mol. The Bertz CT molecular complexity index is 706. The highest BCUT2D eigenvalue weighted by Crippen LogP contribution is 2.29. The third-order valence-electron chi connectivity index (χ3n) is 4.78. The van der Waals surface area contributed by atoms with Gasteiger partial charge in [0, 0.05) is 26.8 Å². The van der Waals surface area contributed by atoms with Crippen LogP contribution in [-0.2, 0) is 17.8 Å². The lowest BCUT2D eigenvalue weighted by Crippen LogP contribution is -2.33. The molecular formula is C17H27N7O2. The van der Waals surface area contributed by atoms with Crippen molar-refractivity contribution in [1.29, 1.82) is 0 Å². The molecule has 3 rings (SSSR count). The van der Waals surface area contributed by atoms with E-state index in [1.807, 2.05) is 15.3 Å². The van der Waals surface area contributed by atoms with Gasteiger partial charge in [-0.1, -0.05) is 19.3 Å². The third-order valence-corrected chi connectivity index (χ3v) is 4.78. The quantitative estimate of drug-likeness (QED) is 0.817. The Morgan fingerprint density at radius 1 is 1.38 bits per heavy atom. The molecular weight excluding hydrogens is 334 g/mol. The molecule has 0 unspecified atom stereocenters. The van der Waals surface area contributed by atoms with Crippen LogP contribution in [0.4, 0.5) is 10.6 Å². The number of carbonyl (C=O) groups excluding carboxylic acids is 1. The molecule has 0 spiro atoms. The maximum Gasteiger partial charge on any atom is 0.323 e. The molecule has 0 aliphatic heterocycles. The van der Waals surface area contributed by atoms with Gasteiger partial charge in [-0.15, -0.1) is 10.2 Å². The van der Waals surface area contributed by atoms with Gasteiger partial charge in [-0.05, 0) is 12.8 Å². The van der Waals surface area contributed by atoms with E-state index in [1.54, 1.807) is 31.6 Å². The zero-order chi connectivity index (χ0) is 18.4. The minimum atomic E-state index is -0.191. The van der Waals surface area contributed by atoms with E-state index in [4.69, 9.17) is 4.74 Å². The van der Waals surface area contributed by atoms with Gasteiger partial charge in [-0.2, -0.15) is 5.10 Å². The maximum absolute atomic E-state index is 12.6. The number of hydrogen-bond acceptors (Lipinski definition) is 5. The van der Waals surface area contributed by atoms with Crippen LogP contribution in [0.5, 0.6) is 0 Å². The van der Waals surface area contributed by atoms with Crippen molar-refractivity contribution in [3.63, 3.8) is 0 Å². The zero-order valence-electron chi connectivity index (χ0n) is 15.5. The van der Waals surface area contributed by atoms with Crippen LogP contribution in [0.15, 0.2) is 18.6 Å². The summed E-state index contributed by atoms with van der Waals surface area (Å²) in [5.74, 6) is 1.47. The van der Waals surface area contributed by atoms with Gasteiger partial charge in [0.2, 0.25) is 0 Å². The van der Waals surface area contributed by atoms with E-state index in [9.17, 15) is 4.79 Å². The highest BCUT2D eigenvalue weighted by atomic mass is 16.5. The van der Waals surface area contributed by atoms with Crippen molar-refractivity contribution in [1.82, 2.24) is 29.4 Å². The lowest BCUT2D eigenvalue weighted by Gasteiger charge is -2.25. The second-order valence-corrected chi connectivity index (χ2v) is 6.67. The van der Waals surface area contributed by atoms with Gasteiger partial charge in [0.05, 0.1) is 25.4 Å². The molecule has 26 heavy (non-hydrogen) atoms. The Balaban J connectivity index is 1.60. The van der Waals surface area contributed by atoms with E-state index in [1.165, 1.54) is 19.3 Å². The van der Waals surface area contributed by atoms with Gasteiger partial charge in [-0.3, -0.25) is 5.32 Å². The highest BCUT2D eigenvalue weighted by molar-refractivity contribution is 5.88. The van der Waals surface area contributed by atoms with Crippen molar-refractivity contribution in [3.05, 3.63) is 24.4 Å². The summed E-state index contributed by atoms with van der Waals surface area (Å²) in [7, 11) is 3.39. The van der Waals surface area contributed by atoms with Crippen molar-refractivity contribution in [2.75, 3.05) is 26.1 Å². The molecule has 1 aliphatic rings. The molecule has 2 heterocycles. The molecule has 1 N–H and O–H groups in total. The molecule has 142 valence electrons. The van der Waals surface area contributed by atoms with E-state index in [-0.39, 0.29) is 6.03 Å². The van der Waals surface area contributed by atoms with Gasteiger partial charge >= 0.3 is 6.03 Å². The number of anilines is 1. The summed E-state index contributed by atoms with van der Waals surface area (Å²) in [6.07, 6.45) is 9.34. The number of methoxy groups -OCH3 is 1. The first-order valence-electron chi connectivity index (χ1n) is 9.10. The molecule has 1 aliphatic carbocycles. The largest absolute Gasteiger partial charge is 0.383 e. The Hall–Kier alpha value is -2.42. The number of carbonyl (C=O) groups is 1. The summed E-state index contributed by atoms with van der Waals surface area (Å²) in [4.78, 5) is 14.2. The van der Waals surface area contributed by atoms with Crippen LogP contribution >= 0.6 is 0 Å². The molecule has 0 aromatic carbocycles. The fraction of sp³-hybridized carbons (Fsp3) is 0.647. The first-order valence-corrected chi connectivity index (χ1v) is 9.10. The number of nitrogens with one attached hydrogen (secondary N) is 1. The van der Waals surface area contributed by atoms with Crippen molar-refractivity contribution < 1.29 is 9.53 Å². The molecule has 0 saturated heterocycles. The minimum absolute atomic E-state index is 0.191. The van der Waals surface area contributed by atoms with E-state index in [0.717, 1.165) is 24.5 Å². The summed E-state index contributed by atoms with van der Waals surface area (Å²) in [6.45, 7) is 1.59. The molecule has 1 fully saturated rings. The average molecular weight is 361 g/mol. The summed E-state index contributed by atoms with van der Waals surface area (Å²) in [6, 6.07) is 2.03. The first kappa shape index (κ1) is 18.4. The lowest BCUT2D eigenvalue weighted by atomic mass is 9.96.